The standard InChI is InChI=1S/C18H23ClN2O4/c1-25-15-3-2-12(19)10-14(15)20-7-4-16(22)21-8-5-18(6-9-21)11-13(18)17(23)24/h2-3,10,13,20H,4-9,11H2,1H3,(H,23,24). The molecule has 1 aromatic rings. The monoisotopic (exact) mass is 366 g/mol. The Labute approximate surface area is 152 Å². The van der Waals surface area contributed by atoms with E-state index in [0.29, 0.717) is 36.8 Å². The number of carbonyl (C=O) groups is 2. The van der Waals surface area contributed by atoms with Crippen molar-refractivity contribution in [3.05, 3.63) is 23.2 Å². The predicted octanol–water partition coefficient (Wildman–Crippen LogP) is 2.86. The Morgan fingerprint density at radius 1 is 1.40 bits per heavy atom. The van der Waals surface area contributed by atoms with Crippen molar-refractivity contribution in [3.8, 4) is 5.75 Å². The SMILES string of the molecule is COc1ccc(Cl)cc1NCCC(=O)N1CCC2(CC1)CC2C(=O)O. The fraction of sp³-hybridized carbons (Fsp3) is 0.556. The fourth-order valence-electron chi connectivity index (χ4n) is 3.73. The predicted molar refractivity (Wildman–Crippen MR) is 95.1 cm³/mol. The summed E-state index contributed by atoms with van der Waals surface area (Å²) in [4.78, 5) is 25.3. The Morgan fingerprint density at radius 3 is 2.72 bits per heavy atom. The number of anilines is 1. The second kappa shape index (κ2) is 7.12. The van der Waals surface area contributed by atoms with E-state index < -0.39 is 5.97 Å². The minimum Gasteiger partial charge on any atom is -0.495 e. The van der Waals surface area contributed by atoms with Gasteiger partial charge in [0, 0.05) is 31.1 Å². The van der Waals surface area contributed by atoms with Gasteiger partial charge >= 0.3 is 5.97 Å². The smallest absolute Gasteiger partial charge is 0.307 e. The molecule has 1 saturated carbocycles. The van der Waals surface area contributed by atoms with Gasteiger partial charge in [0.15, 0.2) is 0 Å². The number of methoxy groups -OCH3 is 1. The van der Waals surface area contributed by atoms with Crippen LogP contribution < -0.4 is 10.1 Å². The van der Waals surface area contributed by atoms with Crippen molar-refractivity contribution >= 4 is 29.2 Å². The van der Waals surface area contributed by atoms with Crippen LogP contribution >= 0.6 is 11.6 Å². The first kappa shape index (κ1) is 17.9. The van der Waals surface area contributed by atoms with E-state index in [9.17, 15) is 9.59 Å². The van der Waals surface area contributed by atoms with Crippen molar-refractivity contribution in [1.29, 1.82) is 0 Å². The van der Waals surface area contributed by atoms with Crippen LogP contribution in [0.4, 0.5) is 5.69 Å². The van der Waals surface area contributed by atoms with E-state index in [0.717, 1.165) is 24.9 Å². The largest absolute Gasteiger partial charge is 0.495 e. The molecule has 1 aliphatic carbocycles. The molecule has 0 radical (unpaired) electrons. The highest BCUT2D eigenvalue weighted by atomic mass is 35.5. The molecule has 1 heterocycles. The third kappa shape index (κ3) is 3.84. The Bertz CT molecular complexity index is 671. The summed E-state index contributed by atoms with van der Waals surface area (Å²) in [6, 6.07) is 5.31. The van der Waals surface area contributed by atoms with E-state index in [-0.39, 0.29) is 17.2 Å². The summed E-state index contributed by atoms with van der Waals surface area (Å²) < 4.78 is 5.27. The number of rotatable bonds is 6. The molecular weight excluding hydrogens is 344 g/mol. The summed E-state index contributed by atoms with van der Waals surface area (Å²) in [5.41, 5.74) is 0.720. The molecule has 1 atom stereocenters. The number of nitrogens with one attached hydrogen (secondary N) is 1. The lowest BCUT2D eigenvalue weighted by atomic mass is 9.90. The van der Waals surface area contributed by atoms with E-state index in [1.807, 2.05) is 4.90 Å². The number of carboxylic acids is 1. The maximum absolute atomic E-state index is 12.4. The van der Waals surface area contributed by atoms with E-state index in [2.05, 4.69) is 5.32 Å². The lowest BCUT2D eigenvalue weighted by Crippen LogP contribution is -2.40. The van der Waals surface area contributed by atoms with Gasteiger partial charge in [-0.25, -0.2) is 0 Å². The van der Waals surface area contributed by atoms with Gasteiger partial charge in [0.25, 0.3) is 0 Å². The van der Waals surface area contributed by atoms with Crippen molar-refractivity contribution in [2.45, 2.75) is 25.7 Å². The third-order valence-electron chi connectivity index (χ3n) is 5.42. The van der Waals surface area contributed by atoms with Gasteiger partial charge in [0.05, 0.1) is 18.7 Å². The highest BCUT2D eigenvalue weighted by Crippen LogP contribution is 2.59. The van der Waals surface area contributed by atoms with Crippen molar-refractivity contribution in [2.75, 3.05) is 32.1 Å². The zero-order valence-electron chi connectivity index (χ0n) is 14.3. The average Bonchev–Trinajstić information content (AvgIpc) is 3.29. The van der Waals surface area contributed by atoms with Gasteiger partial charge in [-0.1, -0.05) is 11.6 Å². The minimum absolute atomic E-state index is 0.0466. The second-order valence-electron chi connectivity index (χ2n) is 6.86. The van der Waals surface area contributed by atoms with Crippen LogP contribution in [0.1, 0.15) is 25.7 Å². The minimum atomic E-state index is -0.695. The molecule has 2 fully saturated rings. The summed E-state index contributed by atoms with van der Waals surface area (Å²) in [5.74, 6) is -0.123. The van der Waals surface area contributed by atoms with Crippen LogP contribution in [-0.4, -0.2) is 48.6 Å². The number of carboxylic acid groups (broad SMARTS) is 1. The molecule has 3 rings (SSSR count). The molecule has 2 N–H and O–H groups in total. The zero-order valence-corrected chi connectivity index (χ0v) is 15.0. The van der Waals surface area contributed by atoms with Crippen molar-refractivity contribution < 1.29 is 19.4 Å². The maximum atomic E-state index is 12.4. The number of likely N-dealkylation sites (tertiary alicyclic amines) is 1. The number of aliphatic carboxylic acids is 1. The molecule has 1 aliphatic heterocycles. The first-order valence-electron chi connectivity index (χ1n) is 8.53. The van der Waals surface area contributed by atoms with Crippen LogP contribution in [0.2, 0.25) is 5.02 Å². The third-order valence-corrected chi connectivity index (χ3v) is 5.65. The highest BCUT2D eigenvalue weighted by Gasteiger charge is 2.59. The van der Waals surface area contributed by atoms with Gasteiger partial charge in [0.2, 0.25) is 5.91 Å². The molecule has 0 aromatic heterocycles. The Hall–Kier alpha value is -1.95. The number of nitrogens with zero attached hydrogens (tertiary/aromatic N) is 1. The van der Waals surface area contributed by atoms with Crippen LogP contribution in [0.3, 0.4) is 0 Å². The molecule has 136 valence electrons. The lowest BCUT2D eigenvalue weighted by molar-refractivity contribution is -0.139. The van der Waals surface area contributed by atoms with Crippen LogP contribution in [-0.2, 0) is 9.59 Å². The van der Waals surface area contributed by atoms with Gasteiger partial charge in [0.1, 0.15) is 5.75 Å². The van der Waals surface area contributed by atoms with Crippen LogP contribution in [0.15, 0.2) is 18.2 Å². The van der Waals surface area contributed by atoms with E-state index in [1.165, 1.54) is 0 Å². The molecule has 1 spiro atoms. The number of amides is 1. The first-order valence-corrected chi connectivity index (χ1v) is 8.91. The number of piperidine rings is 1. The molecule has 7 heteroatoms. The zero-order chi connectivity index (χ0) is 18.0. The summed E-state index contributed by atoms with van der Waals surface area (Å²) in [5, 5.41) is 12.9. The van der Waals surface area contributed by atoms with Gasteiger partial charge in [-0.15, -0.1) is 0 Å². The fourth-order valence-corrected chi connectivity index (χ4v) is 3.90. The molecule has 1 unspecified atom stereocenters. The van der Waals surface area contributed by atoms with Gasteiger partial charge < -0.3 is 20.1 Å². The lowest BCUT2D eigenvalue weighted by Gasteiger charge is -2.32. The number of hydrogen-bond acceptors (Lipinski definition) is 4. The summed E-state index contributed by atoms with van der Waals surface area (Å²) in [6.45, 7) is 1.81. The van der Waals surface area contributed by atoms with Gasteiger partial charge in [-0.05, 0) is 42.9 Å². The summed E-state index contributed by atoms with van der Waals surface area (Å²) in [6.07, 6.45) is 2.74. The Kier molecular flexibility index (Phi) is 5.08. The van der Waals surface area contributed by atoms with Crippen LogP contribution in [0, 0.1) is 11.3 Å². The van der Waals surface area contributed by atoms with E-state index in [1.54, 1.807) is 25.3 Å². The number of benzene rings is 1. The molecule has 25 heavy (non-hydrogen) atoms. The molecule has 1 saturated heterocycles. The van der Waals surface area contributed by atoms with Crippen molar-refractivity contribution in [2.24, 2.45) is 11.3 Å². The molecule has 0 bridgehead atoms. The second-order valence-corrected chi connectivity index (χ2v) is 7.30. The normalized spacial score (nSPS) is 21.0. The molecular formula is C18H23ClN2O4. The molecule has 2 aliphatic rings. The topological polar surface area (TPSA) is 78.9 Å². The van der Waals surface area contributed by atoms with Gasteiger partial charge in [-0.2, -0.15) is 0 Å². The van der Waals surface area contributed by atoms with Crippen LogP contribution in [0.25, 0.3) is 0 Å². The summed E-state index contributed by atoms with van der Waals surface area (Å²) in [7, 11) is 1.59. The Morgan fingerprint density at radius 2 is 2.12 bits per heavy atom. The molecule has 6 nitrogen and oxygen atoms in total. The van der Waals surface area contributed by atoms with Gasteiger partial charge in [-0.3, -0.25) is 9.59 Å². The number of ether oxygens (including phenoxy) is 1. The Balaban J connectivity index is 1.45. The number of halogens is 1. The van der Waals surface area contributed by atoms with E-state index in [4.69, 9.17) is 21.4 Å². The average molecular weight is 367 g/mol. The summed E-state index contributed by atoms with van der Waals surface area (Å²) >= 11 is 5.99. The first-order chi connectivity index (χ1) is 11.9. The molecule has 1 amide bonds. The van der Waals surface area contributed by atoms with Crippen molar-refractivity contribution in [3.63, 3.8) is 0 Å². The van der Waals surface area contributed by atoms with Crippen LogP contribution in [0.5, 0.6) is 5.75 Å². The highest BCUT2D eigenvalue weighted by molar-refractivity contribution is 6.30. The number of hydrogen-bond donors (Lipinski definition) is 2. The molecule has 1 aromatic carbocycles. The maximum Gasteiger partial charge on any atom is 0.307 e. The van der Waals surface area contributed by atoms with E-state index >= 15 is 0 Å². The van der Waals surface area contributed by atoms with Crippen molar-refractivity contribution in [1.82, 2.24) is 4.90 Å². The number of carbonyl (C=O) groups excluding carboxylic acids is 1. The quantitative estimate of drug-likeness (QED) is 0.809.